The molecule has 9 heteroatoms. The van der Waals surface area contributed by atoms with Gasteiger partial charge < -0.3 is 5.32 Å². The summed E-state index contributed by atoms with van der Waals surface area (Å²) in [5, 5.41) is 13.9. The minimum absolute atomic E-state index is 0.249. The molecule has 25 heavy (non-hydrogen) atoms. The number of anilines is 1. The predicted octanol–water partition coefficient (Wildman–Crippen LogP) is 5.24. The topological polar surface area (TPSA) is 54.9 Å². The zero-order chi connectivity index (χ0) is 18.0. The average Bonchev–Trinajstić information content (AvgIpc) is 3.01. The second-order valence-electron chi connectivity index (χ2n) is 4.97. The van der Waals surface area contributed by atoms with Crippen LogP contribution < -0.4 is 5.32 Å². The third-order valence-electron chi connectivity index (χ3n) is 3.27. The lowest BCUT2D eigenvalue weighted by molar-refractivity contribution is -0.137. The molecule has 3 rings (SSSR count). The zero-order valence-electron chi connectivity index (χ0n) is 12.3. The van der Waals surface area contributed by atoms with E-state index in [1.165, 1.54) is 29.5 Å². The van der Waals surface area contributed by atoms with E-state index in [-0.39, 0.29) is 11.7 Å². The van der Waals surface area contributed by atoms with Crippen molar-refractivity contribution in [2.24, 2.45) is 0 Å². The van der Waals surface area contributed by atoms with E-state index in [2.05, 4.69) is 31.4 Å². The van der Waals surface area contributed by atoms with E-state index < -0.39 is 11.7 Å². The molecule has 128 valence electrons. The first-order valence-corrected chi connectivity index (χ1v) is 8.62. The number of rotatable bonds is 3. The van der Waals surface area contributed by atoms with Crippen LogP contribution in [0.1, 0.15) is 15.9 Å². The van der Waals surface area contributed by atoms with Gasteiger partial charge in [-0.2, -0.15) is 24.5 Å². The predicted molar refractivity (Wildman–Crippen MR) is 92.4 cm³/mol. The minimum atomic E-state index is -4.38. The summed E-state index contributed by atoms with van der Waals surface area (Å²) in [6.07, 6.45) is -4.38. The first kappa shape index (κ1) is 17.6. The monoisotopic (exact) mass is 427 g/mol. The maximum absolute atomic E-state index is 12.6. The zero-order valence-corrected chi connectivity index (χ0v) is 14.7. The summed E-state index contributed by atoms with van der Waals surface area (Å²) in [5.41, 5.74) is 0.662. The number of thiophene rings is 1. The van der Waals surface area contributed by atoms with Gasteiger partial charge in [0.2, 0.25) is 0 Å². The van der Waals surface area contributed by atoms with Crippen molar-refractivity contribution in [3.63, 3.8) is 0 Å². The Morgan fingerprint density at radius 3 is 2.28 bits per heavy atom. The average molecular weight is 428 g/mol. The molecule has 1 aromatic carbocycles. The standard InChI is InChI=1S/C16H9BrF3N3OS/c17-12-8-25-7-11(12)15(24)21-14-6-5-13(22-23-14)9-1-3-10(4-2-9)16(18,19)20/h1-8H,(H,21,23,24). The SMILES string of the molecule is O=C(Nc1ccc(-c2ccc(C(F)(F)F)cc2)nn1)c1cscc1Br. The van der Waals surface area contributed by atoms with Crippen molar-refractivity contribution in [1.82, 2.24) is 10.2 Å². The van der Waals surface area contributed by atoms with Crippen molar-refractivity contribution >= 4 is 39.0 Å². The minimum Gasteiger partial charge on any atom is -0.305 e. The molecule has 0 spiro atoms. The van der Waals surface area contributed by atoms with Gasteiger partial charge >= 0.3 is 6.18 Å². The number of carbonyl (C=O) groups is 1. The van der Waals surface area contributed by atoms with Crippen LogP contribution in [0.15, 0.2) is 51.6 Å². The van der Waals surface area contributed by atoms with Crippen LogP contribution in [-0.2, 0) is 6.18 Å². The number of benzene rings is 1. The molecule has 0 saturated carbocycles. The maximum Gasteiger partial charge on any atom is 0.416 e. The van der Waals surface area contributed by atoms with Crippen LogP contribution in [0.3, 0.4) is 0 Å². The Bertz CT molecular complexity index is 892. The molecular formula is C16H9BrF3N3OS. The Kier molecular flexibility index (Phi) is 4.87. The quantitative estimate of drug-likeness (QED) is 0.621. The molecule has 2 aromatic heterocycles. The van der Waals surface area contributed by atoms with Crippen LogP contribution in [0.25, 0.3) is 11.3 Å². The van der Waals surface area contributed by atoms with E-state index in [0.717, 1.165) is 12.1 Å². The number of nitrogens with zero attached hydrogens (tertiary/aromatic N) is 2. The van der Waals surface area contributed by atoms with Gasteiger partial charge in [-0.25, -0.2) is 0 Å². The molecule has 0 atom stereocenters. The summed E-state index contributed by atoms with van der Waals surface area (Å²) >= 11 is 4.66. The van der Waals surface area contributed by atoms with E-state index in [1.54, 1.807) is 16.8 Å². The van der Waals surface area contributed by atoms with Crippen LogP contribution >= 0.6 is 27.3 Å². The molecule has 3 aromatic rings. The van der Waals surface area contributed by atoms with Gasteiger partial charge in [0.1, 0.15) is 0 Å². The number of carbonyl (C=O) groups excluding carboxylic acids is 1. The fourth-order valence-electron chi connectivity index (χ4n) is 2.01. The second-order valence-corrected chi connectivity index (χ2v) is 6.56. The Hall–Kier alpha value is -2.26. The van der Waals surface area contributed by atoms with Gasteiger partial charge in [-0.05, 0) is 40.2 Å². The normalized spacial score (nSPS) is 11.4. The molecule has 0 aliphatic carbocycles. The van der Waals surface area contributed by atoms with Gasteiger partial charge in [0.05, 0.1) is 16.8 Å². The van der Waals surface area contributed by atoms with Gasteiger partial charge in [-0.3, -0.25) is 4.79 Å². The Balaban J connectivity index is 1.74. The Morgan fingerprint density at radius 1 is 1.04 bits per heavy atom. The third kappa shape index (κ3) is 4.05. The fraction of sp³-hybridized carbons (Fsp3) is 0.0625. The van der Waals surface area contributed by atoms with E-state index in [0.29, 0.717) is 21.3 Å². The molecular weight excluding hydrogens is 419 g/mol. The summed E-state index contributed by atoms with van der Waals surface area (Å²) in [6, 6.07) is 7.74. The lowest BCUT2D eigenvalue weighted by Gasteiger charge is -2.07. The molecule has 1 amide bonds. The molecule has 0 saturated heterocycles. The van der Waals surface area contributed by atoms with Gasteiger partial charge in [-0.1, -0.05) is 12.1 Å². The highest BCUT2D eigenvalue weighted by molar-refractivity contribution is 9.10. The summed E-state index contributed by atoms with van der Waals surface area (Å²) in [7, 11) is 0. The molecule has 0 bridgehead atoms. The molecule has 2 heterocycles. The van der Waals surface area contributed by atoms with Crippen molar-refractivity contribution in [2.45, 2.75) is 6.18 Å². The smallest absolute Gasteiger partial charge is 0.305 e. The third-order valence-corrected chi connectivity index (χ3v) is 4.98. The maximum atomic E-state index is 12.6. The van der Waals surface area contributed by atoms with E-state index in [1.807, 2.05) is 0 Å². The molecule has 1 N–H and O–H groups in total. The molecule has 0 radical (unpaired) electrons. The van der Waals surface area contributed by atoms with E-state index >= 15 is 0 Å². The van der Waals surface area contributed by atoms with Crippen molar-refractivity contribution < 1.29 is 18.0 Å². The highest BCUT2D eigenvalue weighted by atomic mass is 79.9. The molecule has 4 nitrogen and oxygen atoms in total. The van der Waals surface area contributed by atoms with Gasteiger partial charge in [0.15, 0.2) is 5.82 Å². The highest BCUT2D eigenvalue weighted by Crippen LogP contribution is 2.30. The summed E-state index contributed by atoms with van der Waals surface area (Å²) in [5.74, 6) is -0.0801. The number of halogens is 4. The summed E-state index contributed by atoms with van der Waals surface area (Å²) in [4.78, 5) is 12.1. The van der Waals surface area contributed by atoms with Crippen molar-refractivity contribution in [3.05, 3.63) is 62.8 Å². The van der Waals surface area contributed by atoms with Crippen molar-refractivity contribution in [2.75, 3.05) is 5.32 Å². The largest absolute Gasteiger partial charge is 0.416 e. The number of hydrogen-bond acceptors (Lipinski definition) is 4. The van der Waals surface area contributed by atoms with Crippen LogP contribution in [0.2, 0.25) is 0 Å². The van der Waals surface area contributed by atoms with E-state index in [9.17, 15) is 18.0 Å². The second kappa shape index (κ2) is 6.93. The number of amides is 1. The first-order chi connectivity index (χ1) is 11.8. The number of alkyl halides is 3. The Morgan fingerprint density at radius 2 is 1.76 bits per heavy atom. The van der Waals surface area contributed by atoms with Crippen LogP contribution in [0.5, 0.6) is 0 Å². The molecule has 0 aliphatic heterocycles. The lowest BCUT2D eigenvalue weighted by Crippen LogP contribution is -2.13. The number of nitrogens with one attached hydrogen (secondary N) is 1. The van der Waals surface area contributed by atoms with E-state index in [4.69, 9.17) is 0 Å². The first-order valence-electron chi connectivity index (χ1n) is 6.89. The van der Waals surface area contributed by atoms with Gasteiger partial charge in [0, 0.05) is 20.8 Å². The van der Waals surface area contributed by atoms with Crippen molar-refractivity contribution in [1.29, 1.82) is 0 Å². The molecule has 0 fully saturated rings. The highest BCUT2D eigenvalue weighted by Gasteiger charge is 2.30. The van der Waals surface area contributed by atoms with Crippen LogP contribution in [-0.4, -0.2) is 16.1 Å². The summed E-state index contributed by atoms with van der Waals surface area (Å²) < 4.78 is 38.4. The molecule has 0 aliphatic rings. The van der Waals surface area contributed by atoms with Crippen LogP contribution in [0.4, 0.5) is 19.0 Å². The molecule has 0 unspecified atom stereocenters. The Labute approximate surface area is 152 Å². The number of aromatic nitrogens is 2. The van der Waals surface area contributed by atoms with Crippen molar-refractivity contribution in [3.8, 4) is 11.3 Å². The van der Waals surface area contributed by atoms with Gasteiger partial charge in [0.25, 0.3) is 5.91 Å². The fourth-order valence-corrected chi connectivity index (χ4v) is 3.46. The lowest BCUT2D eigenvalue weighted by atomic mass is 10.1. The van der Waals surface area contributed by atoms with Gasteiger partial charge in [-0.15, -0.1) is 10.2 Å². The summed E-state index contributed by atoms with van der Waals surface area (Å²) in [6.45, 7) is 0. The van der Waals surface area contributed by atoms with Crippen LogP contribution in [0, 0.1) is 0 Å². The number of hydrogen-bond donors (Lipinski definition) is 1.